The fourth-order valence-corrected chi connectivity index (χ4v) is 5.79. The summed E-state index contributed by atoms with van der Waals surface area (Å²) >= 11 is 3.57. The van der Waals surface area contributed by atoms with Gasteiger partial charge < -0.3 is 10.6 Å². The molecule has 0 atom stereocenters. The molecule has 1 aliphatic rings. The van der Waals surface area contributed by atoms with Crippen LogP contribution in [0.25, 0.3) is 20.8 Å². The molecule has 3 heterocycles. The van der Waals surface area contributed by atoms with Gasteiger partial charge in [0.05, 0.1) is 10.2 Å². The summed E-state index contributed by atoms with van der Waals surface area (Å²) in [5, 5.41) is 1.08. The number of carbonyl (C=O) groups is 1. The molecule has 2 aromatic heterocycles. The normalized spacial score (nSPS) is 14.9. The van der Waals surface area contributed by atoms with Crippen molar-refractivity contribution in [2.45, 2.75) is 25.8 Å². The van der Waals surface area contributed by atoms with Gasteiger partial charge in [-0.2, -0.15) is 0 Å². The predicted molar refractivity (Wildman–Crippen MR) is 100 cm³/mol. The van der Waals surface area contributed by atoms with Crippen molar-refractivity contribution < 1.29 is 4.79 Å². The van der Waals surface area contributed by atoms with Gasteiger partial charge in [-0.25, -0.2) is 4.98 Å². The number of amides is 1. The highest BCUT2D eigenvalue weighted by molar-refractivity contribution is 7.22. The molecule has 1 amide bonds. The SMILES string of the molecule is CN1CCc2c(sc(CCC(N)=O)c2-c2nc3ccccc3s2)C1. The maximum atomic E-state index is 11.3. The molecule has 0 radical (unpaired) electrons. The summed E-state index contributed by atoms with van der Waals surface area (Å²) in [5.41, 5.74) is 9.12. The number of fused-ring (bicyclic) bond motifs is 2. The fourth-order valence-electron chi connectivity index (χ4n) is 3.23. The van der Waals surface area contributed by atoms with Gasteiger partial charge in [0.25, 0.3) is 0 Å². The highest BCUT2D eigenvalue weighted by Crippen LogP contribution is 2.42. The van der Waals surface area contributed by atoms with Gasteiger partial charge in [-0.1, -0.05) is 12.1 Å². The smallest absolute Gasteiger partial charge is 0.217 e. The second-order valence-electron chi connectivity index (χ2n) is 6.24. The zero-order valence-electron chi connectivity index (χ0n) is 13.5. The van der Waals surface area contributed by atoms with Crippen LogP contribution >= 0.6 is 22.7 Å². The minimum atomic E-state index is -0.242. The van der Waals surface area contributed by atoms with Crippen LogP contribution in [0.3, 0.4) is 0 Å². The molecule has 0 bridgehead atoms. The topological polar surface area (TPSA) is 59.2 Å². The van der Waals surface area contributed by atoms with Crippen LogP contribution in [0.15, 0.2) is 24.3 Å². The summed E-state index contributed by atoms with van der Waals surface area (Å²) in [7, 11) is 2.16. The highest BCUT2D eigenvalue weighted by atomic mass is 32.1. The molecule has 0 unspecified atom stereocenters. The van der Waals surface area contributed by atoms with Crippen molar-refractivity contribution in [3.63, 3.8) is 0 Å². The Bertz CT molecular complexity index is 879. The van der Waals surface area contributed by atoms with Crippen LogP contribution in [0.5, 0.6) is 0 Å². The molecule has 1 aliphatic heterocycles. The summed E-state index contributed by atoms with van der Waals surface area (Å²) in [6, 6.07) is 8.26. The number of benzene rings is 1. The lowest BCUT2D eigenvalue weighted by atomic mass is 10.0. The highest BCUT2D eigenvalue weighted by Gasteiger charge is 2.25. The summed E-state index contributed by atoms with van der Waals surface area (Å²) in [5.74, 6) is -0.242. The van der Waals surface area contributed by atoms with E-state index in [1.54, 1.807) is 11.3 Å². The van der Waals surface area contributed by atoms with Crippen LogP contribution in [0.4, 0.5) is 0 Å². The number of thiazole rings is 1. The van der Waals surface area contributed by atoms with Crippen LogP contribution in [-0.4, -0.2) is 29.4 Å². The van der Waals surface area contributed by atoms with Gasteiger partial charge in [0.15, 0.2) is 0 Å². The van der Waals surface area contributed by atoms with Crippen molar-refractivity contribution >= 4 is 38.8 Å². The number of nitrogens with two attached hydrogens (primary N) is 1. The van der Waals surface area contributed by atoms with E-state index >= 15 is 0 Å². The third-order valence-corrected chi connectivity index (χ3v) is 6.76. The molecule has 4 rings (SSSR count). The zero-order chi connectivity index (χ0) is 16.7. The largest absolute Gasteiger partial charge is 0.370 e. The average Bonchev–Trinajstić information content (AvgIpc) is 3.12. The van der Waals surface area contributed by atoms with E-state index in [9.17, 15) is 4.79 Å². The molecule has 124 valence electrons. The summed E-state index contributed by atoms with van der Waals surface area (Å²) < 4.78 is 1.21. The lowest BCUT2D eigenvalue weighted by Crippen LogP contribution is -2.25. The monoisotopic (exact) mass is 357 g/mol. The lowest BCUT2D eigenvalue weighted by molar-refractivity contribution is -0.117. The van der Waals surface area contributed by atoms with Gasteiger partial charge in [0.1, 0.15) is 5.01 Å². The Balaban J connectivity index is 1.83. The van der Waals surface area contributed by atoms with Crippen LogP contribution in [0, 0.1) is 0 Å². The summed E-state index contributed by atoms with van der Waals surface area (Å²) in [6.45, 7) is 2.05. The molecular formula is C18H19N3OS2. The van der Waals surface area contributed by atoms with Crippen LogP contribution in [0.2, 0.25) is 0 Å². The summed E-state index contributed by atoms with van der Waals surface area (Å²) in [4.78, 5) is 21.1. The molecule has 0 saturated heterocycles. The molecule has 1 aromatic carbocycles. The van der Waals surface area contributed by atoms with E-state index in [1.807, 2.05) is 17.4 Å². The number of thiophene rings is 1. The third kappa shape index (κ3) is 2.85. The van der Waals surface area contributed by atoms with Crippen molar-refractivity contribution in [1.82, 2.24) is 9.88 Å². The van der Waals surface area contributed by atoms with Gasteiger partial charge in [-0.15, -0.1) is 22.7 Å². The van der Waals surface area contributed by atoms with Crippen molar-refractivity contribution in [3.05, 3.63) is 39.6 Å². The Morgan fingerprint density at radius 2 is 2.17 bits per heavy atom. The minimum Gasteiger partial charge on any atom is -0.370 e. The molecule has 2 N–H and O–H groups in total. The van der Waals surface area contributed by atoms with Gasteiger partial charge >= 0.3 is 0 Å². The van der Waals surface area contributed by atoms with E-state index in [0.29, 0.717) is 12.8 Å². The molecule has 0 fully saturated rings. The van der Waals surface area contributed by atoms with Crippen molar-refractivity contribution in [2.24, 2.45) is 5.73 Å². The first kappa shape index (κ1) is 15.7. The summed E-state index contributed by atoms with van der Waals surface area (Å²) in [6.07, 6.45) is 2.15. The maximum absolute atomic E-state index is 11.3. The molecular weight excluding hydrogens is 338 g/mol. The molecule has 24 heavy (non-hydrogen) atoms. The van der Waals surface area contributed by atoms with Crippen LogP contribution < -0.4 is 5.73 Å². The van der Waals surface area contributed by atoms with Crippen molar-refractivity contribution in [3.8, 4) is 10.6 Å². The van der Waals surface area contributed by atoms with Crippen molar-refractivity contribution in [2.75, 3.05) is 13.6 Å². The number of carbonyl (C=O) groups excluding carboxylic acids is 1. The van der Waals surface area contributed by atoms with E-state index in [2.05, 4.69) is 30.1 Å². The molecule has 3 aromatic rings. The maximum Gasteiger partial charge on any atom is 0.217 e. The Labute approximate surface area is 148 Å². The first-order valence-electron chi connectivity index (χ1n) is 8.08. The first-order chi connectivity index (χ1) is 11.6. The standard InChI is InChI=1S/C18H19N3OS2/c1-21-9-8-11-15(10-21)23-14(6-7-16(19)22)17(11)18-20-12-4-2-3-5-13(12)24-18/h2-5H,6-10H2,1H3,(H2,19,22). The van der Waals surface area contributed by atoms with E-state index in [1.165, 1.54) is 25.6 Å². The Kier molecular flexibility index (Phi) is 4.12. The quantitative estimate of drug-likeness (QED) is 0.778. The number of likely N-dealkylation sites (N-methyl/N-ethyl adjacent to an activating group) is 1. The van der Waals surface area contributed by atoms with E-state index in [4.69, 9.17) is 10.7 Å². The molecule has 6 heteroatoms. The number of nitrogens with zero attached hydrogens (tertiary/aromatic N) is 2. The average molecular weight is 358 g/mol. The molecule has 4 nitrogen and oxygen atoms in total. The number of rotatable bonds is 4. The Morgan fingerprint density at radius 3 is 2.96 bits per heavy atom. The van der Waals surface area contributed by atoms with Crippen LogP contribution in [0.1, 0.15) is 21.7 Å². The number of aryl methyl sites for hydroxylation is 1. The molecule has 0 aliphatic carbocycles. The number of hydrogen-bond donors (Lipinski definition) is 1. The number of hydrogen-bond acceptors (Lipinski definition) is 5. The number of primary amides is 1. The fraction of sp³-hybridized carbons (Fsp3) is 0.333. The van der Waals surface area contributed by atoms with Gasteiger partial charge in [0, 0.05) is 34.8 Å². The molecule has 0 saturated carbocycles. The second kappa shape index (κ2) is 6.27. The lowest BCUT2D eigenvalue weighted by Gasteiger charge is -2.22. The van der Waals surface area contributed by atoms with Crippen molar-refractivity contribution in [1.29, 1.82) is 0 Å². The third-order valence-electron chi connectivity index (χ3n) is 4.43. The number of aromatic nitrogens is 1. The minimum absolute atomic E-state index is 0.242. The van der Waals surface area contributed by atoms with Gasteiger partial charge in [0.2, 0.25) is 5.91 Å². The van der Waals surface area contributed by atoms with Gasteiger partial charge in [-0.05, 0) is 37.6 Å². The number of para-hydroxylation sites is 1. The Morgan fingerprint density at radius 1 is 1.33 bits per heavy atom. The Hall–Kier alpha value is -1.76. The van der Waals surface area contributed by atoms with E-state index in [-0.39, 0.29) is 5.91 Å². The second-order valence-corrected chi connectivity index (χ2v) is 8.46. The predicted octanol–water partition coefficient (Wildman–Crippen LogP) is 3.43. The van der Waals surface area contributed by atoms with E-state index < -0.39 is 0 Å². The van der Waals surface area contributed by atoms with Crippen LogP contribution in [-0.2, 0) is 24.2 Å². The van der Waals surface area contributed by atoms with Gasteiger partial charge in [-0.3, -0.25) is 4.79 Å². The van der Waals surface area contributed by atoms with E-state index in [0.717, 1.165) is 30.0 Å². The molecule has 0 spiro atoms. The zero-order valence-corrected chi connectivity index (χ0v) is 15.2. The first-order valence-corrected chi connectivity index (χ1v) is 9.71.